The Morgan fingerprint density at radius 3 is 2.36 bits per heavy atom. The number of alkyl halides is 3. The minimum Gasteiger partial charge on any atom is -0.381 e. The van der Waals surface area contributed by atoms with Crippen LogP contribution < -0.4 is 0 Å². The number of ether oxygens (including phenoxy) is 1. The van der Waals surface area contributed by atoms with Gasteiger partial charge in [-0.05, 0) is 36.8 Å². The molecule has 4 nitrogen and oxygen atoms in total. The maximum Gasteiger partial charge on any atom is 0.534 e. The molecular formula is C17H21F3O4S. The van der Waals surface area contributed by atoms with E-state index in [2.05, 4.69) is 4.18 Å². The van der Waals surface area contributed by atoms with Crippen molar-refractivity contribution in [3.63, 3.8) is 0 Å². The summed E-state index contributed by atoms with van der Waals surface area (Å²) in [6.07, 6.45) is 0.239. The summed E-state index contributed by atoms with van der Waals surface area (Å²) in [4.78, 5) is 0. The van der Waals surface area contributed by atoms with Crippen molar-refractivity contribution in [2.24, 2.45) is 5.92 Å². The predicted molar refractivity (Wildman–Crippen MR) is 86.9 cm³/mol. The molecule has 25 heavy (non-hydrogen) atoms. The van der Waals surface area contributed by atoms with E-state index in [-0.39, 0.29) is 17.8 Å². The number of halogens is 3. The van der Waals surface area contributed by atoms with Crippen LogP contribution in [0.5, 0.6) is 0 Å². The normalized spacial score (nSPS) is 24.3. The van der Waals surface area contributed by atoms with E-state index >= 15 is 0 Å². The van der Waals surface area contributed by atoms with Gasteiger partial charge in [0, 0.05) is 0 Å². The monoisotopic (exact) mass is 378 g/mol. The van der Waals surface area contributed by atoms with Crippen molar-refractivity contribution in [3.8, 4) is 0 Å². The first-order valence-electron chi connectivity index (χ1n) is 7.93. The van der Waals surface area contributed by atoms with E-state index in [0.29, 0.717) is 18.4 Å². The van der Waals surface area contributed by atoms with E-state index in [4.69, 9.17) is 4.74 Å². The number of allylic oxidation sites excluding steroid dienone is 1. The largest absolute Gasteiger partial charge is 0.534 e. The van der Waals surface area contributed by atoms with Crippen LogP contribution in [0, 0.1) is 5.92 Å². The van der Waals surface area contributed by atoms with Gasteiger partial charge in [-0.3, -0.25) is 0 Å². The van der Waals surface area contributed by atoms with Crippen LogP contribution in [0.2, 0.25) is 0 Å². The van der Waals surface area contributed by atoms with Gasteiger partial charge in [-0.1, -0.05) is 44.2 Å². The number of hydrogen-bond acceptors (Lipinski definition) is 4. The van der Waals surface area contributed by atoms with E-state index in [1.807, 2.05) is 44.2 Å². The molecule has 0 amide bonds. The van der Waals surface area contributed by atoms with Crippen LogP contribution in [-0.4, -0.2) is 20.0 Å². The molecule has 0 spiro atoms. The summed E-state index contributed by atoms with van der Waals surface area (Å²) in [6.45, 7) is 4.97. The summed E-state index contributed by atoms with van der Waals surface area (Å²) in [5.41, 5.74) is -4.02. The van der Waals surface area contributed by atoms with Crippen molar-refractivity contribution >= 4 is 10.1 Å². The highest BCUT2D eigenvalue weighted by Crippen LogP contribution is 2.39. The molecule has 2 rings (SSSR count). The molecule has 0 aliphatic carbocycles. The van der Waals surface area contributed by atoms with E-state index < -0.39 is 21.7 Å². The first-order chi connectivity index (χ1) is 11.5. The molecule has 8 heteroatoms. The zero-order valence-electron chi connectivity index (χ0n) is 14.2. The van der Waals surface area contributed by atoms with Crippen molar-refractivity contribution in [3.05, 3.63) is 47.2 Å². The molecule has 1 heterocycles. The molecule has 0 aromatic heterocycles. The lowest BCUT2D eigenvalue weighted by Gasteiger charge is -2.35. The van der Waals surface area contributed by atoms with E-state index in [0.717, 1.165) is 5.56 Å². The summed E-state index contributed by atoms with van der Waals surface area (Å²) >= 11 is 0. The molecule has 1 saturated heterocycles. The molecule has 2 atom stereocenters. The molecule has 1 aromatic rings. The van der Waals surface area contributed by atoms with Gasteiger partial charge in [0.05, 0.1) is 12.2 Å². The topological polar surface area (TPSA) is 52.6 Å². The Hall–Kier alpha value is -1.54. The van der Waals surface area contributed by atoms with Crippen LogP contribution in [0.3, 0.4) is 0 Å². The zero-order valence-corrected chi connectivity index (χ0v) is 15.0. The van der Waals surface area contributed by atoms with Crippen molar-refractivity contribution in [1.82, 2.24) is 0 Å². The highest BCUT2D eigenvalue weighted by Gasteiger charge is 2.49. The summed E-state index contributed by atoms with van der Waals surface area (Å²) in [6, 6.07) is 9.51. The van der Waals surface area contributed by atoms with Gasteiger partial charge in [-0.25, -0.2) is 0 Å². The van der Waals surface area contributed by atoms with Gasteiger partial charge >= 0.3 is 15.6 Å². The van der Waals surface area contributed by atoms with Gasteiger partial charge in [-0.2, -0.15) is 21.6 Å². The van der Waals surface area contributed by atoms with Crippen LogP contribution in [0.25, 0.3) is 0 Å². The van der Waals surface area contributed by atoms with Crippen molar-refractivity contribution < 1.29 is 30.5 Å². The predicted octanol–water partition coefficient (Wildman–Crippen LogP) is 4.70. The van der Waals surface area contributed by atoms with Crippen LogP contribution in [0.4, 0.5) is 13.2 Å². The molecule has 2 unspecified atom stereocenters. The second-order valence-electron chi connectivity index (χ2n) is 6.30. The Morgan fingerprint density at radius 1 is 1.24 bits per heavy atom. The fourth-order valence-corrected chi connectivity index (χ4v) is 3.40. The Kier molecular flexibility index (Phi) is 5.83. The third-order valence-corrected chi connectivity index (χ3v) is 5.11. The summed E-state index contributed by atoms with van der Waals surface area (Å²) in [5, 5.41) is 0. The standard InChI is InChI=1S/C17H21F3O4S/c1-11(2)16-14(12(3)24-25(21,22)17(18,19)20)9-10-15(23-16)13-7-5-4-6-8-13/h4-8,11,15-16H,9-10H2,1-3H3/b14-12+. The lowest BCUT2D eigenvalue weighted by molar-refractivity contribution is -0.0545. The van der Waals surface area contributed by atoms with Crippen LogP contribution in [-0.2, 0) is 19.0 Å². The fraction of sp³-hybridized carbons (Fsp3) is 0.529. The Bertz CT molecular complexity index is 724. The smallest absolute Gasteiger partial charge is 0.381 e. The van der Waals surface area contributed by atoms with Crippen molar-refractivity contribution in [2.45, 2.75) is 51.3 Å². The minimum absolute atomic E-state index is 0.0475. The number of hydrogen-bond donors (Lipinski definition) is 0. The van der Waals surface area contributed by atoms with E-state index in [1.54, 1.807) is 0 Å². The van der Waals surface area contributed by atoms with Gasteiger partial charge in [0.15, 0.2) is 0 Å². The van der Waals surface area contributed by atoms with Gasteiger partial charge in [0.25, 0.3) is 0 Å². The lowest BCUT2D eigenvalue weighted by atomic mass is 9.88. The Balaban J connectivity index is 2.26. The number of rotatable bonds is 4. The van der Waals surface area contributed by atoms with E-state index in [1.165, 1.54) is 6.92 Å². The molecule has 140 valence electrons. The van der Waals surface area contributed by atoms with Gasteiger partial charge < -0.3 is 8.92 Å². The molecule has 1 aliphatic heterocycles. The summed E-state index contributed by atoms with van der Waals surface area (Å²) < 4.78 is 70.5. The average Bonchev–Trinajstić information content (AvgIpc) is 2.53. The molecule has 1 aromatic carbocycles. The van der Waals surface area contributed by atoms with Crippen molar-refractivity contribution in [1.29, 1.82) is 0 Å². The quantitative estimate of drug-likeness (QED) is 0.433. The molecule has 0 radical (unpaired) electrons. The first kappa shape index (κ1) is 19.8. The molecule has 1 fully saturated rings. The zero-order chi connectivity index (χ0) is 18.8. The molecular weight excluding hydrogens is 357 g/mol. The van der Waals surface area contributed by atoms with Crippen LogP contribution in [0.1, 0.15) is 45.3 Å². The lowest BCUT2D eigenvalue weighted by Crippen LogP contribution is -2.32. The fourth-order valence-electron chi connectivity index (χ4n) is 2.87. The van der Waals surface area contributed by atoms with E-state index in [9.17, 15) is 21.6 Å². The Morgan fingerprint density at radius 2 is 1.84 bits per heavy atom. The highest BCUT2D eigenvalue weighted by atomic mass is 32.2. The summed E-state index contributed by atoms with van der Waals surface area (Å²) in [5.74, 6) is -0.309. The minimum atomic E-state index is -5.67. The molecule has 1 aliphatic rings. The Labute approximate surface area is 145 Å². The molecule has 0 saturated carbocycles. The van der Waals surface area contributed by atoms with Gasteiger partial charge in [0.1, 0.15) is 5.76 Å². The first-order valence-corrected chi connectivity index (χ1v) is 9.34. The van der Waals surface area contributed by atoms with Crippen LogP contribution in [0.15, 0.2) is 41.7 Å². The SMILES string of the molecule is C/C(OS(=O)(=O)C(F)(F)F)=C1/CCC(c2ccccc2)OC1C(C)C. The second kappa shape index (κ2) is 7.37. The molecule has 0 bridgehead atoms. The highest BCUT2D eigenvalue weighted by molar-refractivity contribution is 7.87. The average molecular weight is 378 g/mol. The van der Waals surface area contributed by atoms with Crippen LogP contribution >= 0.6 is 0 Å². The van der Waals surface area contributed by atoms with Crippen molar-refractivity contribution in [2.75, 3.05) is 0 Å². The molecule has 0 N–H and O–H groups in total. The number of benzene rings is 1. The summed E-state index contributed by atoms with van der Waals surface area (Å²) in [7, 11) is -5.67. The second-order valence-corrected chi connectivity index (χ2v) is 7.84. The maximum atomic E-state index is 12.5. The third-order valence-electron chi connectivity index (χ3n) is 4.08. The van der Waals surface area contributed by atoms with Gasteiger partial charge in [0.2, 0.25) is 0 Å². The maximum absolute atomic E-state index is 12.5. The third kappa shape index (κ3) is 4.55. The van der Waals surface area contributed by atoms with Gasteiger partial charge in [-0.15, -0.1) is 0 Å².